The van der Waals surface area contributed by atoms with Crippen LogP contribution in [0.3, 0.4) is 0 Å². The van der Waals surface area contributed by atoms with E-state index in [-0.39, 0.29) is 17.5 Å². The molecule has 2 N–H and O–H groups in total. The Labute approximate surface area is 184 Å². The number of hydrazone groups is 1. The number of amidine groups is 1. The van der Waals surface area contributed by atoms with Crippen LogP contribution in [0.5, 0.6) is 0 Å². The number of carbonyl (C=O) groups is 1. The number of hydrogen-bond donors (Lipinski definition) is 2. The number of nitrogens with one attached hydrogen (secondary N) is 2. The number of pyridine rings is 1. The lowest BCUT2D eigenvalue weighted by molar-refractivity contribution is 0.102. The number of piperidine rings is 1. The van der Waals surface area contributed by atoms with Gasteiger partial charge in [0.1, 0.15) is 17.9 Å². The van der Waals surface area contributed by atoms with Crippen LogP contribution in [-0.2, 0) is 0 Å². The first-order valence-electron chi connectivity index (χ1n) is 10.8. The van der Waals surface area contributed by atoms with Crippen LogP contribution in [0.15, 0.2) is 52.4 Å². The first-order chi connectivity index (χ1) is 15.6. The smallest absolute Gasteiger partial charge is 0.278 e. The molecule has 5 heterocycles. The molecule has 3 aliphatic rings. The highest BCUT2D eigenvalue weighted by atomic mass is 16.3. The third-order valence-electron chi connectivity index (χ3n) is 6.08. The molecule has 32 heavy (non-hydrogen) atoms. The number of nitrogens with zero attached hydrogens (tertiary/aromatic N) is 5. The Hall–Kier alpha value is -3.72. The van der Waals surface area contributed by atoms with E-state index in [0.717, 1.165) is 60.3 Å². The number of rotatable bonds is 4. The Morgan fingerprint density at radius 1 is 1.22 bits per heavy atom. The third kappa shape index (κ3) is 3.50. The lowest BCUT2D eigenvalue weighted by Gasteiger charge is -2.19. The molecule has 0 radical (unpaired) electrons. The molecule has 0 aliphatic carbocycles. The molecule has 2 saturated heterocycles. The minimum Gasteiger partial charge on any atom is -0.448 e. The van der Waals surface area contributed by atoms with Crippen LogP contribution < -0.4 is 10.6 Å². The second-order valence-corrected chi connectivity index (χ2v) is 8.37. The molecule has 9 heteroatoms. The second kappa shape index (κ2) is 7.45. The maximum Gasteiger partial charge on any atom is 0.278 e. The number of amides is 1. The van der Waals surface area contributed by atoms with Gasteiger partial charge in [-0.15, -0.1) is 0 Å². The van der Waals surface area contributed by atoms with Crippen molar-refractivity contribution in [3.05, 3.63) is 60.1 Å². The number of carbonyl (C=O) groups excluding carboxylic acids is 1. The van der Waals surface area contributed by atoms with Crippen molar-refractivity contribution in [1.29, 1.82) is 0 Å². The molecule has 6 rings (SSSR count). The highest BCUT2D eigenvalue weighted by Crippen LogP contribution is 2.33. The molecular weight excluding hydrogens is 406 g/mol. The van der Waals surface area contributed by atoms with Crippen LogP contribution in [0, 0.1) is 0 Å². The zero-order valence-corrected chi connectivity index (χ0v) is 17.7. The normalized spacial score (nSPS) is 18.3. The second-order valence-electron chi connectivity index (χ2n) is 8.37. The van der Waals surface area contributed by atoms with Gasteiger partial charge >= 0.3 is 0 Å². The summed E-state index contributed by atoms with van der Waals surface area (Å²) in [6.45, 7) is 2.75. The van der Waals surface area contributed by atoms with Crippen LogP contribution in [0.25, 0.3) is 16.5 Å². The Bertz CT molecular complexity index is 1270. The Morgan fingerprint density at radius 2 is 2.09 bits per heavy atom. The fourth-order valence-electron chi connectivity index (χ4n) is 4.30. The maximum atomic E-state index is 12.7. The molecule has 0 bridgehead atoms. The van der Waals surface area contributed by atoms with E-state index in [9.17, 15) is 4.79 Å². The summed E-state index contributed by atoms with van der Waals surface area (Å²) in [6.07, 6.45) is 7.15. The summed E-state index contributed by atoms with van der Waals surface area (Å²) in [5.74, 6) is 2.13. The molecule has 2 aromatic heterocycles. The van der Waals surface area contributed by atoms with Crippen molar-refractivity contribution in [3.8, 4) is 0 Å². The third-order valence-corrected chi connectivity index (χ3v) is 6.08. The largest absolute Gasteiger partial charge is 0.448 e. The number of hydrogen-bond acceptors (Lipinski definition) is 8. The van der Waals surface area contributed by atoms with Gasteiger partial charge in [-0.05, 0) is 43.5 Å². The summed E-state index contributed by atoms with van der Waals surface area (Å²) in [5, 5.41) is 14.4. The van der Waals surface area contributed by atoms with Gasteiger partial charge in [0.15, 0.2) is 11.6 Å². The summed E-state index contributed by atoms with van der Waals surface area (Å²) in [5.41, 5.74) is 2.49. The molecule has 0 atom stereocenters. The van der Waals surface area contributed by atoms with Gasteiger partial charge in [0, 0.05) is 36.3 Å². The van der Waals surface area contributed by atoms with Crippen LogP contribution >= 0.6 is 0 Å². The Morgan fingerprint density at radius 3 is 2.97 bits per heavy atom. The van der Waals surface area contributed by atoms with Gasteiger partial charge in [-0.1, -0.05) is 12.1 Å². The number of anilines is 1. The summed E-state index contributed by atoms with van der Waals surface area (Å²) < 4.78 is 5.59. The van der Waals surface area contributed by atoms with E-state index in [1.165, 1.54) is 6.26 Å². The molecule has 2 fully saturated rings. The fraction of sp³-hybridized carbons (Fsp3) is 0.304. The van der Waals surface area contributed by atoms with Gasteiger partial charge < -0.3 is 20.0 Å². The zero-order valence-electron chi connectivity index (χ0n) is 17.7. The fourth-order valence-corrected chi connectivity index (χ4v) is 4.30. The molecule has 0 spiro atoms. The quantitative estimate of drug-likeness (QED) is 0.616. The standard InChI is InChI=1S/C23H23N7O2/c1-29-11-19(30-12-21(30)28-29)15-2-3-16-10-25-20(9-17(16)8-15)27-22(31)18-13-32-23(26-18)14-4-6-24-7-5-14/h2-3,8-11,13-14,24H,4-7,12H2,1H3,(H,25,27,31). The van der Waals surface area contributed by atoms with E-state index in [0.29, 0.717) is 11.7 Å². The van der Waals surface area contributed by atoms with E-state index in [1.54, 1.807) is 6.20 Å². The molecular formula is C23H23N7O2. The van der Waals surface area contributed by atoms with Crippen LogP contribution in [0.2, 0.25) is 0 Å². The van der Waals surface area contributed by atoms with E-state index in [2.05, 4.69) is 42.7 Å². The van der Waals surface area contributed by atoms with Gasteiger partial charge in [0.05, 0.1) is 12.2 Å². The lowest BCUT2D eigenvalue weighted by atomic mass is 9.98. The van der Waals surface area contributed by atoms with Crippen LogP contribution in [-0.4, -0.2) is 58.3 Å². The lowest BCUT2D eigenvalue weighted by Crippen LogP contribution is -2.26. The monoisotopic (exact) mass is 429 g/mol. The number of fused-ring (bicyclic) bond motifs is 2. The first-order valence-corrected chi connectivity index (χ1v) is 10.8. The molecule has 0 saturated carbocycles. The van der Waals surface area contributed by atoms with Crippen molar-refractivity contribution in [3.63, 3.8) is 0 Å². The molecule has 1 amide bonds. The van der Waals surface area contributed by atoms with Gasteiger partial charge in [0.2, 0.25) is 0 Å². The highest BCUT2D eigenvalue weighted by molar-refractivity contribution is 6.07. The van der Waals surface area contributed by atoms with E-state index in [1.807, 2.05) is 30.4 Å². The summed E-state index contributed by atoms with van der Waals surface area (Å²) >= 11 is 0. The minimum absolute atomic E-state index is 0.260. The van der Waals surface area contributed by atoms with Crippen molar-refractivity contribution in [2.45, 2.75) is 18.8 Å². The maximum absolute atomic E-state index is 12.7. The van der Waals surface area contributed by atoms with Crippen molar-refractivity contribution < 1.29 is 9.21 Å². The number of aromatic nitrogens is 2. The number of oxazole rings is 1. The molecule has 3 aromatic rings. The van der Waals surface area contributed by atoms with E-state index in [4.69, 9.17) is 4.42 Å². The van der Waals surface area contributed by atoms with Crippen molar-refractivity contribution in [2.75, 3.05) is 32.0 Å². The minimum atomic E-state index is -0.321. The average Bonchev–Trinajstić information content (AvgIpc) is 3.41. The summed E-state index contributed by atoms with van der Waals surface area (Å²) in [7, 11) is 1.93. The van der Waals surface area contributed by atoms with Gasteiger partial charge in [-0.25, -0.2) is 9.97 Å². The number of benzene rings is 1. The molecule has 0 unspecified atom stereocenters. The van der Waals surface area contributed by atoms with Crippen molar-refractivity contribution in [2.24, 2.45) is 5.10 Å². The molecule has 1 aromatic carbocycles. The van der Waals surface area contributed by atoms with Crippen LogP contribution in [0.4, 0.5) is 5.82 Å². The SMILES string of the molecule is CN1C=C(c2ccc3cnc(NC(=O)c4coc(C5CCNCC5)n4)cc3c2)N2CC2=N1. The van der Waals surface area contributed by atoms with Crippen molar-refractivity contribution >= 4 is 34.0 Å². The van der Waals surface area contributed by atoms with E-state index >= 15 is 0 Å². The van der Waals surface area contributed by atoms with Crippen molar-refractivity contribution in [1.82, 2.24) is 25.2 Å². The zero-order chi connectivity index (χ0) is 21.7. The van der Waals surface area contributed by atoms with Gasteiger partial charge in [-0.3, -0.25) is 9.80 Å². The topological polar surface area (TPSA) is 98.7 Å². The Kier molecular flexibility index (Phi) is 4.43. The van der Waals surface area contributed by atoms with Gasteiger partial charge in [0.25, 0.3) is 5.91 Å². The molecule has 3 aliphatic heterocycles. The predicted octanol–water partition coefficient (Wildman–Crippen LogP) is 2.82. The molecule has 9 nitrogen and oxygen atoms in total. The van der Waals surface area contributed by atoms with E-state index < -0.39 is 0 Å². The summed E-state index contributed by atoms with van der Waals surface area (Å²) in [4.78, 5) is 23.7. The average molecular weight is 429 g/mol. The molecule has 162 valence electrons. The Balaban J connectivity index is 1.22. The first kappa shape index (κ1) is 19.0. The van der Waals surface area contributed by atoms with Crippen LogP contribution in [0.1, 0.15) is 40.7 Å². The van der Waals surface area contributed by atoms with Gasteiger partial charge in [-0.2, -0.15) is 5.10 Å². The summed E-state index contributed by atoms with van der Waals surface area (Å²) in [6, 6.07) is 8.12. The predicted molar refractivity (Wildman–Crippen MR) is 121 cm³/mol. The highest BCUT2D eigenvalue weighted by Gasteiger charge is 2.35.